The molecule has 4 aromatic rings. The predicted octanol–water partition coefficient (Wildman–Crippen LogP) is 5.71. The summed E-state index contributed by atoms with van der Waals surface area (Å²) in [6.45, 7) is 8.08. The van der Waals surface area contributed by atoms with Gasteiger partial charge in [-0.05, 0) is 87.4 Å². The molecule has 0 radical (unpaired) electrons. The Morgan fingerprint density at radius 3 is 2.48 bits per heavy atom. The average molecular weight is 633 g/mol. The number of hydrogen-bond donors (Lipinski definition) is 0. The van der Waals surface area contributed by atoms with Crippen molar-refractivity contribution >= 4 is 40.7 Å². The molecular formula is C34H37ClN4O4S. The lowest BCUT2D eigenvalue weighted by Gasteiger charge is -2.27. The molecule has 0 saturated heterocycles. The van der Waals surface area contributed by atoms with E-state index >= 15 is 0 Å². The van der Waals surface area contributed by atoms with E-state index in [4.69, 9.17) is 26.1 Å². The molecule has 0 saturated carbocycles. The standard InChI is InChI=1S/C34H37ClN4O4S/c1-8-10-27-30(33(41)43-9-2)31(26-19-23(35)11-16-28(26)42-7)39-32(40)29(44-34(39)36-27)18-22-17-20(3)38(21(22)4)25-14-12-24(13-15-25)37(5)6/h11-19,31H,8-10H2,1-7H3/b29-18-/t31-/m0/s1. The Kier molecular flexibility index (Phi) is 9.18. The Morgan fingerprint density at radius 2 is 1.84 bits per heavy atom. The Hall–Kier alpha value is -4.08. The normalized spacial score (nSPS) is 14.8. The molecular weight excluding hydrogens is 596 g/mol. The minimum absolute atomic E-state index is 0.194. The highest BCUT2D eigenvalue weighted by Crippen LogP contribution is 2.38. The number of fused-ring (bicyclic) bond motifs is 1. The summed E-state index contributed by atoms with van der Waals surface area (Å²) in [5, 5.41) is 0.464. The smallest absolute Gasteiger partial charge is 0.338 e. The van der Waals surface area contributed by atoms with Gasteiger partial charge in [-0.1, -0.05) is 36.3 Å². The molecule has 8 nitrogen and oxygen atoms in total. The van der Waals surface area contributed by atoms with Gasteiger partial charge in [0.25, 0.3) is 5.56 Å². The van der Waals surface area contributed by atoms with Crippen LogP contribution in [-0.4, -0.2) is 42.9 Å². The number of carbonyl (C=O) groups excluding carboxylic acids is 1. The number of methoxy groups -OCH3 is 1. The molecule has 0 spiro atoms. The molecule has 44 heavy (non-hydrogen) atoms. The number of thiazole rings is 1. The van der Waals surface area contributed by atoms with Gasteiger partial charge in [-0.15, -0.1) is 0 Å². The monoisotopic (exact) mass is 632 g/mol. The van der Waals surface area contributed by atoms with Gasteiger partial charge in [0, 0.05) is 47.4 Å². The number of benzene rings is 2. The van der Waals surface area contributed by atoms with Gasteiger partial charge in [0.2, 0.25) is 0 Å². The maximum atomic E-state index is 14.3. The third-order valence-corrected chi connectivity index (χ3v) is 8.98. The number of aromatic nitrogens is 2. The van der Waals surface area contributed by atoms with Crippen molar-refractivity contribution in [1.29, 1.82) is 0 Å². The van der Waals surface area contributed by atoms with Crippen molar-refractivity contribution in [2.24, 2.45) is 4.99 Å². The van der Waals surface area contributed by atoms with E-state index in [2.05, 4.69) is 46.7 Å². The second-order valence-electron chi connectivity index (χ2n) is 10.9. The van der Waals surface area contributed by atoms with Gasteiger partial charge >= 0.3 is 5.97 Å². The fraction of sp³-hybridized carbons (Fsp3) is 0.324. The van der Waals surface area contributed by atoms with Crippen molar-refractivity contribution in [3.63, 3.8) is 0 Å². The molecule has 0 N–H and O–H groups in total. The summed E-state index contributed by atoms with van der Waals surface area (Å²) in [5.74, 6) is 0.00203. The van der Waals surface area contributed by atoms with Crippen LogP contribution < -0.4 is 24.5 Å². The first-order valence-electron chi connectivity index (χ1n) is 14.6. The minimum atomic E-state index is -0.815. The third kappa shape index (κ3) is 5.74. The summed E-state index contributed by atoms with van der Waals surface area (Å²) < 4.78 is 15.5. The second-order valence-corrected chi connectivity index (χ2v) is 12.3. The molecule has 230 valence electrons. The molecule has 3 heterocycles. The number of halogens is 1. The molecule has 1 aliphatic heterocycles. The van der Waals surface area contributed by atoms with Crippen molar-refractivity contribution in [2.75, 3.05) is 32.7 Å². The first-order valence-corrected chi connectivity index (χ1v) is 15.8. The summed E-state index contributed by atoms with van der Waals surface area (Å²) in [6, 6.07) is 14.8. The number of allylic oxidation sites excluding steroid dienone is 1. The van der Waals surface area contributed by atoms with Crippen LogP contribution in [0.4, 0.5) is 5.69 Å². The number of ether oxygens (including phenoxy) is 2. The number of rotatable bonds is 9. The van der Waals surface area contributed by atoms with Crippen LogP contribution in [0.3, 0.4) is 0 Å². The van der Waals surface area contributed by atoms with E-state index in [1.54, 1.807) is 36.8 Å². The first kappa shape index (κ1) is 31.3. The zero-order chi connectivity index (χ0) is 31.7. The Labute approximate surface area is 266 Å². The van der Waals surface area contributed by atoms with Crippen molar-refractivity contribution in [2.45, 2.75) is 46.6 Å². The van der Waals surface area contributed by atoms with Crippen LogP contribution in [0, 0.1) is 13.8 Å². The first-order chi connectivity index (χ1) is 21.1. The molecule has 1 aliphatic rings. The largest absolute Gasteiger partial charge is 0.496 e. The van der Waals surface area contributed by atoms with Gasteiger partial charge in [0.05, 0.1) is 29.5 Å². The van der Waals surface area contributed by atoms with E-state index < -0.39 is 12.0 Å². The molecule has 0 unspecified atom stereocenters. The molecule has 10 heteroatoms. The number of esters is 1. The predicted molar refractivity (Wildman–Crippen MR) is 177 cm³/mol. The van der Waals surface area contributed by atoms with Crippen LogP contribution >= 0.6 is 22.9 Å². The highest BCUT2D eigenvalue weighted by atomic mass is 35.5. The second kappa shape index (κ2) is 12.9. The van der Waals surface area contributed by atoms with Gasteiger partial charge in [-0.2, -0.15) is 0 Å². The molecule has 0 amide bonds. The zero-order valence-corrected chi connectivity index (χ0v) is 27.7. The van der Waals surface area contributed by atoms with Crippen LogP contribution in [0.15, 0.2) is 69.6 Å². The fourth-order valence-electron chi connectivity index (χ4n) is 5.71. The summed E-state index contributed by atoms with van der Waals surface area (Å²) >= 11 is 7.77. The van der Waals surface area contributed by atoms with Gasteiger partial charge in [-0.3, -0.25) is 9.36 Å². The summed E-state index contributed by atoms with van der Waals surface area (Å²) in [5.41, 5.74) is 6.43. The van der Waals surface area contributed by atoms with E-state index in [-0.39, 0.29) is 12.2 Å². The molecule has 0 bridgehead atoms. The lowest BCUT2D eigenvalue weighted by atomic mass is 9.93. The van der Waals surface area contributed by atoms with Crippen molar-refractivity contribution in [3.05, 3.63) is 107 Å². The molecule has 0 aliphatic carbocycles. The molecule has 2 aromatic heterocycles. The maximum absolute atomic E-state index is 14.3. The highest BCUT2D eigenvalue weighted by Gasteiger charge is 2.36. The van der Waals surface area contributed by atoms with Crippen molar-refractivity contribution in [3.8, 4) is 11.4 Å². The van der Waals surface area contributed by atoms with E-state index in [0.717, 1.165) is 34.7 Å². The Bertz CT molecular complexity index is 1930. The lowest BCUT2D eigenvalue weighted by Crippen LogP contribution is -2.40. The van der Waals surface area contributed by atoms with Crippen LogP contribution in [-0.2, 0) is 9.53 Å². The zero-order valence-electron chi connectivity index (χ0n) is 26.1. The summed E-state index contributed by atoms with van der Waals surface area (Å²) in [6.07, 6.45) is 3.22. The molecule has 1 atom stereocenters. The van der Waals surface area contributed by atoms with Crippen LogP contribution in [0.5, 0.6) is 5.75 Å². The third-order valence-electron chi connectivity index (χ3n) is 7.76. The van der Waals surface area contributed by atoms with Crippen LogP contribution in [0.2, 0.25) is 5.02 Å². The van der Waals surface area contributed by atoms with E-state index in [1.807, 2.05) is 34.0 Å². The number of carbonyl (C=O) groups is 1. The maximum Gasteiger partial charge on any atom is 0.338 e. The highest BCUT2D eigenvalue weighted by molar-refractivity contribution is 7.07. The number of nitrogens with zero attached hydrogens (tertiary/aromatic N) is 4. The van der Waals surface area contributed by atoms with Crippen LogP contribution in [0.1, 0.15) is 55.2 Å². The fourth-order valence-corrected chi connectivity index (χ4v) is 6.90. The van der Waals surface area contributed by atoms with Gasteiger partial charge in [0.15, 0.2) is 4.80 Å². The van der Waals surface area contributed by atoms with E-state index in [1.165, 1.54) is 11.3 Å². The Balaban J connectivity index is 1.72. The average Bonchev–Trinajstić information content (AvgIpc) is 3.46. The van der Waals surface area contributed by atoms with Gasteiger partial charge < -0.3 is 18.9 Å². The van der Waals surface area contributed by atoms with E-state index in [0.29, 0.717) is 43.4 Å². The molecule has 2 aromatic carbocycles. The van der Waals surface area contributed by atoms with Gasteiger partial charge in [0.1, 0.15) is 11.8 Å². The number of anilines is 1. The van der Waals surface area contributed by atoms with Crippen molar-refractivity contribution < 1.29 is 14.3 Å². The van der Waals surface area contributed by atoms with Crippen LogP contribution in [0.25, 0.3) is 11.8 Å². The van der Waals surface area contributed by atoms with E-state index in [9.17, 15) is 9.59 Å². The Morgan fingerprint density at radius 1 is 1.11 bits per heavy atom. The van der Waals surface area contributed by atoms with Gasteiger partial charge in [-0.25, -0.2) is 9.79 Å². The van der Waals surface area contributed by atoms with Crippen molar-refractivity contribution in [1.82, 2.24) is 9.13 Å². The topological polar surface area (TPSA) is 78.1 Å². The summed E-state index contributed by atoms with van der Waals surface area (Å²) in [7, 11) is 5.59. The SMILES string of the molecule is CCCC1=C(C(=O)OCC)[C@H](c2cc(Cl)ccc2OC)n2c(s/c(=C\c3cc(C)n(-c4ccc(N(C)C)cc4)c3C)c2=O)=N1. The molecule has 5 rings (SSSR count). The number of hydrogen-bond acceptors (Lipinski definition) is 7. The number of aryl methyl sites for hydroxylation is 1. The summed E-state index contributed by atoms with van der Waals surface area (Å²) in [4.78, 5) is 35.2. The molecule has 0 fully saturated rings. The quantitative estimate of drug-likeness (QED) is 0.221. The minimum Gasteiger partial charge on any atom is -0.496 e. The lowest BCUT2D eigenvalue weighted by molar-refractivity contribution is -0.139.